The number of nitrogens with zero attached hydrogens (tertiary/aromatic N) is 1. The van der Waals surface area contributed by atoms with Crippen LogP contribution >= 0.6 is 0 Å². The summed E-state index contributed by atoms with van der Waals surface area (Å²) >= 11 is 0. The van der Waals surface area contributed by atoms with Crippen LogP contribution < -0.4 is 5.32 Å². The summed E-state index contributed by atoms with van der Waals surface area (Å²) in [5.41, 5.74) is 8.72. The maximum absolute atomic E-state index is 13.6. The number of para-hydroxylation sites is 1. The van der Waals surface area contributed by atoms with Crippen LogP contribution in [0.4, 0.5) is 5.69 Å². The first kappa shape index (κ1) is 17.6. The van der Waals surface area contributed by atoms with E-state index in [-0.39, 0.29) is 12.1 Å². The molecule has 0 radical (unpaired) electrons. The molecule has 2 N–H and O–H groups in total. The number of benzene rings is 4. The number of rotatable bonds is 0. The van der Waals surface area contributed by atoms with Crippen LogP contribution in [0.25, 0.3) is 38.7 Å². The highest BCUT2D eigenvalue weighted by Crippen LogP contribution is 2.45. The summed E-state index contributed by atoms with van der Waals surface area (Å²) in [6, 6.07) is 20.7. The fraction of sp³-hybridized carbons (Fsp3) is 0.107. The van der Waals surface area contributed by atoms with Crippen LogP contribution in [0.15, 0.2) is 66.9 Å². The van der Waals surface area contributed by atoms with Crippen LogP contribution in [0.1, 0.15) is 38.8 Å². The van der Waals surface area contributed by atoms with Gasteiger partial charge in [-0.05, 0) is 65.6 Å². The Morgan fingerprint density at radius 1 is 0.906 bits per heavy atom. The standard InChI is InChI=1S/C28H21N3O/c1-15-19-11-12-31-27(25(19)16(2)24-20-9-5-6-10-22(20)29-26(15)24)30-23-14-18-8-4-3-7-17(18)13-21(23)28(31)32/h3-14,27,29-30H,1-2H3. The number of amides is 1. The zero-order valence-corrected chi connectivity index (χ0v) is 17.9. The Morgan fingerprint density at radius 2 is 1.66 bits per heavy atom. The number of aryl methyl sites for hydroxylation is 2. The third-order valence-corrected chi connectivity index (χ3v) is 7.15. The Hall–Kier alpha value is -4.05. The number of fused-ring (bicyclic) bond motifs is 8. The highest BCUT2D eigenvalue weighted by molar-refractivity contribution is 6.12. The van der Waals surface area contributed by atoms with Gasteiger partial charge in [0.2, 0.25) is 0 Å². The van der Waals surface area contributed by atoms with Crippen molar-refractivity contribution in [3.8, 4) is 0 Å². The number of H-pyrrole nitrogens is 1. The molecular weight excluding hydrogens is 394 g/mol. The molecule has 154 valence electrons. The van der Waals surface area contributed by atoms with Gasteiger partial charge in [0.15, 0.2) is 0 Å². The van der Waals surface area contributed by atoms with Gasteiger partial charge in [0.1, 0.15) is 6.17 Å². The van der Waals surface area contributed by atoms with Gasteiger partial charge in [0.05, 0.1) is 11.1 Å². The summed E-state index contributed by atoms with van der Waals surface area (Å²) in [6.45, 7) is 4.35. The highest BCUT2D eigenvalue weighted by Gasteiger charge is 2.37. The molecule has 5 aromatic rings. The summed E-state index contributed by atoms with van der Waals surface area (Å²) < 4.78 is 0. The van der Waals surface area contributed by atoms with Crippen LogP contribution in [0.5, 0.6) is 0 Å². The van der Waals surface area contributed by atoms with E-state index in [1.807, 2.05) is 29.3 Å². The predicted octanol–water partition coefficient (Wildman–Crippen LogP) is 6.64. The zero-order chi connectivity index (χ0) is 21.6. The van der Waals surface area contributed by atoms with E-state index in [0.717, 1.165) is 27.5 Å². The fourth-order valence-electron chi connectivity index (χ4n) is 5.58. The average Bonchev–Trinajstić information content (AvgIpc) is 3.21. The molecule has 4 aromatic carbocycles. The van der Waals surface area contributed by atoms with E-state index < -0.39 is 0 Å². The normalized spacial score (nSPS) is 16.9. The molecule has 0 spiro atoms. The monoisotopic (exact) mass is 415 g/mol. The third-order valence-electron chi connectivity index (χ3n) is 7.15. The van der Waals surface area contributed by atoms with Crippen LogP contribution in [-0.4, -0.2) is 15.8 Å². The molecule has 1 unspecified atom stereocenters. The first-order chi connectivity index (χ1) is 15.6. The van der Waals surface area contributed by atoms with Crippen molar-refractivity contribution in [2.75, 3.05) is 5.32 Å². The van der Waals surface area contributed by atoms with Crippen molar-refractivity contribution in [2.24, 2.45) is 0 Å². The first-order valence-corrected chi connectivity index (χ1v) is 11.0. The molecule has 4 nitrogen and oxygen atoms in total. The summed E-state index contributed by atoms with van der Waals surface area (Å²) in [6.07, 6.45) is 3.79. The minimum absolute atomic E-state index is 0.0347. The van der Waals surface area contributed by atoms with Gasteiger partial charge in [0.25, 0.3) is 5.91 Å². The maximum atomic E-state index is 13.6. The fourth-order valence-corrected chi connectivity index (χ4v) is 5.58. The largest absolute Gasteiger partial charge is 0.360 e. The quantitative estimate of drug-likeness (QED) is 0.298. The highest BCUT2D eigenvalue weighted by atomic mass is 16.2. The van der Waals surface area contributed by atoms with E-state index in [1.54, 1.807) is 0 Å². The van der Waals surface area contributed by atoms with Gasteiger partial charge in [0, 0.05) is 33.7 Å². The average molecular weight is 415 g/mol. The summed E-state index contributed by atoms with van der Waals surface area (Å²) in [5.74, 6) is 0.0347. The number of hydrogen-bond donors (Lipinski definition) is 2. The van der Waals surface area contributed by atoms with Crippen molar-refractivity contribution in [3.05, 3.63) is 94.7 Å². The van der Waals surface area contributed by atoms with Gasteiger partial charge in [-0.2, -0.15) is 0 Å². The lowest BCUT2D eigenvalue weighted by atomic mass is 9.87. The molecule has 7 rings (SSSR count). The third kappa shape index (κ3) is 2.14. The topological polar surface area (TPSA) is 48.1 Å². The number of nitrogens with one attached hydrogen (secondary N) is 2. The predicted molar refractivity (Wildman–Crippen MR) is 131 cm³/mol. The Bertz CT molecular complexity index is 1660. The molecule has 1 amide bonds. The number of aromatic amines is 1. The Morgan fingerprint density at radius 3 is 2.50 bits per heavy atom. The van der Waals surface area contributed by atoms with E-state index in [0.29, 0.717) is 0 Å². The Kier molecular flexibility index (Phi) is 3.31. The van der Waals surface area contributed by atoms with Crippen molar-refractivity contribution in [1.82, 2.24) is 9.88 Å². The summed E-state index contributed by atoms with van der Waals surface area (Å²) in [7, 11) is 0. The number of hydrogen-bond acceptors (Lipinski definition) is 2. The molecule has 4 heteroatoms. The second-order valence-electron chi connectivity index (χ2n) is 8.82. The van der Waals surface area contributed by atoms with E-state index in [1.165, 1.54) is 38.5 Å². The molecule has 0 saturated heterocycles. The zero-order valence-electron chi connectivity index (χ0n) is 17.9. The van der Waals surface area contributed by atoms with Gasteiger partial charge in [-0.3, -0.25) is 9.69 Å². The molecule has 1 atom stereocenters. The van der Waals surface area contributed by atoms with Crippen LogP contribution in [0.2, 0.25) is 0 Å². The van der Waals surface area contributed by atoms with Crippen LogP contribution in [0, 0.1) is 13.8 Å². The second kappa shape index (κ2) is 6.01. The number of carbonyl (C=O) groups is 1. The minimum atomic E-state index is -0.229. The molecule has 2 aliphatic rings. The van der Waals surface area contributed by atoms with Crippen LogP contribution in [0.3, 0.4) is 0 Å². The lowest BCUT2D eigenvalue weighted by Crippen LogP contribution is -2.41. The molecule has 32 heavy (non-hydrogen) atoms. The second-order valence-corrected chi connectivity index (χ2v) is 8.82. The number of carbonyl (C=O) groups excluding carboxylic acids is 1. The Balaban J connectivity index is 1.50. The van der Waals surface area contributed by atoms with Crippen molar-refractivity contribution < 1.29 is 4.79 Å². The molecule has 1 aromatic heterocycles. The lowest BCUT2D eigenvalue weighted by molar-refractivity contribution is 0.0769. The van der Waals surface area contributed by atoms with E-state index >= 15 is 0 Å². The molecular formula is C28H21N3O. The summed E-state index contributed by atoms with van der Waals surface area (Å²) in [4.78, 5) is 19.0. The van der Waals surface area contributed by atoms with Crippen molar-refractivity contribution in [3.63, 3.8) is 0 Å². The molecule has 0 bridgehead atoms. The maximum Gasteiger partial charge on any atom is 0.261 e. The number of aromatic nitrogens is 1. The molecule has 3 heterocycles. The molecule has 0 saturated carbocycles. The smallest absolute Gasteiger partial charge is 0.261 e. The van der Waals surface area contributed by atoms with Crippen LogP contribution in [-0.2, 0) is 0 Å². The van der Waals surface area contributed by atoms with Crippen molar-refractivity contribution >= 4 is 50.2 Å². The molecule has 2 aliphatic heterocycles. The molecule has 0 fully saturated rings. The van der Waals surface area contributed by atoms with E-state index in [9.17, 15) is 4.79 Å². The minimum Gasteiger partial charge on any atom is -0.360 e. The first-order valence-electron chi connectivity index (χ1n) is 11.0. The van der Waals surface area contributed by atoms with E-state index in [4.69, 9.17) is 0 Å². The van der Waals surface area contributed by atoms with Gasteiger partial charge in [-0.15, -0.1) is 0 Å². The van der Waals surface area contributed by atoms with Gasteiger partial charge in [-0.1, -0.05) is 42.5 Å². The Labute approximate surface area is 185 Å². The van der Waals surface area contributed by atoms with E-state index in [2.05, 4.69) is 72.7 Å². The van der Waals surface area contributed by atoms with Crippen molar-refractivity contribution in [2.45, 2.75) is 20.0 Å². The summed E-state index contributed by atoms with van der Waals surface area (Å²) in [5, 5.41) is 8.37. The van der Waals surface area contributed by atoms with Gasteiger partial charge >= 0.3 is 0 Å². The lowest BCUT2D eigenvalue weighted by Gasteiger charge is -2.40. The van der Waals surface area contributed by atoms with Gasteiger partial charge in [-0.25, -0.2) is 0 Å². The molecule has 0 aliphatic carbocycles. The SMILES string of the molecule is Cc1c2c(c(C)c3c1[nH]c1ccccc13)C1Nc3cc4ccccc4cc3C(=O)N1C=C2. The number of anilines is 1. The van der Waals surface area contributed by atoms with Gasteiger partial charge < -0.3 is 10.3 Å². The van der Waals surface area contributed by atoms with Crippen molar-refractivity contribution in [1.29, 1.82) is 0 Å².